The third-order valence-corrected chi connectivity index (χ3v) is 3.67. The summed E-state index contributed by atoms with van der Waals surface area (Å²) < 4.78 is 5.58. The monoisotopic (exact) mass is 232 g/mol. The van der Waals surface area contributed by atoms with E-state index in [1.807, 2.05) is 24.3 Å². The van der Waals surface area contributed by atoms with Gasteiger partial charge in [-0.15, -0.1) is 0 Å². The molecule has 2 rings (SSSR count). The van der Waals surface area contributed by atoms with Gasteiger partial charge in [0, 0.05) is 5.56 Å². The van der Waals surface area contributed by atoms with Crippen molar-refractivity contribution in [3.63, 3.8) is 0 Å². The van der Waals surface area contributed by atoms with Crippen LogP contribution in [-0.2, 0) is 4.74 Å². The Morgan fingerprint density at radius 3 is 2.41 bits per heavy atom. The molecule has 0 radical (unpaired) electrons. The highest BCUT2D eigenvalue weighted by Crippen LogP contribution is 2.39. The largest absolute Gasteiger partial charge is 0.367 e. The molecule has 92 valence electrons. The highest BCUT2D eigenvalue weighted by Gasteiger charge is 2.46. The molecule has 1 aliphatic heterocycles. The van der Waals surface area contributed by atoms with Crippen LogP contribution in [0.4, 0.5) is 0 Å². The molecule has 1 aromatic rings. The molecular formula is C15H20O2. The molecule has 1 aromatic carbocycles. The van der Waals surface area contributed by atoms with E-state index in [2.05, 4.69) is 20.8 Å². The van der Waals surface area contributed by atoms with E-state index in [-0.39, 0.29) is 5.60 Å². The van der Waals surface area contributed by atoms with Gasteiger partial charge in [0.15, 0.2) is 0 Å². The highest BCUT2D eigenvalue weighted by molar-refractivity contribution is 5.74. The summed E-state index contributed by atoms with van der Waals surface area (Å²) in [5, 5.41) is 0. The van der Waals surface area contributed by atoms with Crippen LogP contribution in [0.25, 0.3) is 0 Å². The molecule has 1 saturated heterocycles. The molecule has 1 unspecified atom stereocenters. The van der Waals surface area contributed by atoms with Crippen LogP contribution < -0.4 is 0 Å². The zero-order chi connectivity index (χ0) is 12.5. The molecule has 0 spiro atoms. The average molecular weight is 232 g/mol. The SMILES string of the molecule is C[C@@H](CCC1OC1(C)C)c1ccc(C=O)cc1. The fourth-order valence-corrected chi connectivity index (χ4v) is 2.21. The predicted octanol–water partition coefficient (Wildman–Crippen LogP) is 3.56. The first-order valence-electron chi connectivity index (χ1n) is 6.26. The van der Waals surface area contributed by atoms with E-state index in [9.17, 15) is 4.79 Å². The lowest BCUT2D eigenvalue weighted by Crippen LogP contribution is -2.04. The summed E-state index contributed by atoms with van der Waals surface area (Å²) in [4.78, 5) is 10.6. The Kier molecular flexibility index (Phi) is 3.34. The summed E-state index contributed by atoms with van der Waals surface area (Å²) in [6, 6.07) is 7.87. The molecule has 1 heterocycles. The fraction of sp³-hybridized carbons (Fsp3) is 0.533. The van der Waals surface area contributed by atoms with Crippen LogP contribution in [0.2, 0.25) is 0 Å². The predicted molar refractivity (Wildman–Crippen MR) is 68.4 cm³/mol. The zero-order valence-corrected chi connectivity index (χ0v) is 10.8. The van der Waals surface area contributed by atoms with E-state index < -0.39 is 0 Å². The summed E-state index contributed by atoms with van der Waals surface area (Å²) in [6.45, 7) is 6.51. The van der Waals surface area contributed by atoms with Crippen molar-refractivity contribution in [2.75, 3.05) is 0 Å². The van der Waals surface area contributed by atoms with Crippen molar-refractivity contribution in [1.29, 1.82) is 0 Å². The molecular weight excluding hydrogens is 212 g/mol. The van der Waals surface area contributed by atoms with Crippen LogP contribution >= 0.6 is 0 Å². The molecule has 0 aliphatic carbocycles. The molecule has 1 aliphatic rings. The number of aldehydes is 1. The Morgan fingerprint density at radius 1 is 1.35 bits per heavy atom. The summed E-state index contributed by atoms with van der Waals surface area (Å²) >= 11 is 0. The number of rotatable bonds is 5. The Balaban J connectivity index is 1.86. The topological polar surface area (TPSA) is 29.6 Å². The summed E-state index contributed by atoms with van der Waals surface area (Å²) in [5.74, 6) is 0.524. The van der Waals surface area contributed by atoms with Crippen LogP contribution in [0.3, 0.4) is 0 Å². The molecule has 2 heteroatoms. The van der Waals surface area contributed by atoms with Crippen LogP contribution in [0.1, 0.15) is 55.5 Å². The quantitative estimate of drug-likeness (QED) is 0.574. The Bertz CT molecular complexity index is 392. The number of ether oxygens (including phenoxy) is 1. The van der Waals surface area contributed by atoms with Crippen molar-refractivity contribution in [1.82, 2.24) is 0 Å². The molecule has 0 aromatic heterocycles. The highest BCUT2D eigenvalue weighted by atomic mass is 16.6. The summed E-state index contributed by atoms with van der Waals surface area (Å²) in [6.07, 6.45) is 3.56. The molecule has 2 nitrogen and oxygen atoms in total. The lowest BCUT2D eigenvalue weighted by molar-refractivity contribution is 0.112. The third-order valence-electron chi connectivity index (χ3n) is 3.67. The summed E-state index contributed by atoms with van der Waals surface area (Å²) in [7, 11) is 0. The molecule has 2 atom stereocenters. The first-order valence-corrected chi connectivity index (χ1v) is 6.26. The maximum Gasteiger partial charge on any atom is 0.150 e. The maximum absolute atomic E-state index is 10.6. The van der Waals surface area contributed by atoms with Crippen molar-refractivity contribution >= 4 is 6.29 Å². The van der Waals surface area contributed by atoms with Crippen molar-refractivity contribution in [3.05, 3.63) is 35.4 Å². The summed E-state index contributed by atoms with van der Waals surface area (Å²) in [5.41, 5.74) is 2.14. The number of epoxide rings is 1. The van der Waals surface area contributed by atoms with E-state index in [0.717, 1.165) is 24.7 Å². The average Bonchev–Trinajstić information content (AvgIpc) is 2.94. The van der Waals surface area contributed by atoms with Gasteiger partial charge in [0.05, 0.1) is 11.7 Å². The van der Waals surface area contributed by atoms with E-state index in [1.54, 1.807) is 0 Å². The van der Waals surface area contributed by atoms with Gasteiger partial charge in [-0.05, 0) is 38.2 Å². The standard InChI is InChI=1S/C15H20O2/c1-11(4-9-14-15(2,3)17-14)13-7-5-12(10-16)6-8-13/h5-8,10-11,14H,4,9H2,1-3H3/t11-,14?/m0/s1. The molecule has 0 N–H and O–H groups in total. The van der Waals surface area contributed by atoms with Gasteiger partial charge in [-0.1, -0.05) is 31.2 Å². The molecule has 0 bridgehead atoms. The first-order chi connectivity index (χ1) is 8.03. The second-order valence-corrected chi connectivity index (χ2v) is 5.47. The van der Waals surface area contributed by atoms with Crippen molar-refractivity contribution in [2.45, 2.75) is 51.2 Å². The maximum atomic E-state index is 10.6. The Labute approximate surface area is 103 Å². The molecule has 1 fully saturated rings. The van der Waals surface area contributed by atoms with Crippen LogP contribution in [0.15, 0.2) is 24.3 Å². The van der Waals surface area contributed by atoms with Gasteiger partial charge < -0.3 is 4.74 Å². The van der Waals surface area contributed by atoms with E-state index in [1.165, 1.54) is 5.56 Å². The van der Waals surface area contributed by atoms with Crippen LogP contribution in [0.5, 0.6) is 0 Å². The van der Waals surface area contributed by atoms with Gasteiger partial charge >= 0.3 is 0 Å². The Morgan fingerprint density at radius 2 is 1.94 bits per heavy atom. The molecule has 0 amide bonds. The fourth-order valence-electron chi connectivity index (χ4n) is 2.21. The van der Waals surface area contributed by atoms with Crippen LogP contribution in [0, 0.1) is 0 Å². The van der Waals surface area contributed by atoms with E-state index in [0.29, 0.717) is 12.0 Å². The minimum Gasteiger partial charge on any atom is -0.367 e. The van der Waals surface area contributed by atoms with Crippen molar-refractivity contribution < 1.29 is 9.53 Å². The van der Waals surface area contributed by atoms with E-state index >= 15 is 0 Å². The van der Waals surface area contributed by atoms with Crippen LogP contribution in [-0.4, -0.2) is 18.0 Å². The number of carbonyl (C=O) groups excluding carboxylic acids is 1. The third kappa shape index (κ3) is 2.95. The van der Waals surface area contributed by atoms with Gasteiger partial charge in [-0.3, -0.25) is 4.79 Å². The first kappa shape index (κ1) is 12.3. The van der Waals surface area contributed by atoms with Crippen molar-refractivity contribution in [3.8, 4) is 0 Å². The van der Waals surface area contributed by atoms with Gasteiger partial charge in [-0.2, -0.15) is 0 Å². The normalized spacial score (nSPS) is 23.1. The van der Waals surface area contributed by atoms with Gasteiger partial charge in [0.2, 0.25) is 0 Å². The lowest BCUT2D eigenvalue weighted by atomic mass is 9.93. The second-order valence-electron chi connectivity index (χ2n) is 5.47. The van der Waals surface area contributed by atoms with Gasteiger partial charge in [0.1, 0.15) is 6.29 Å². The van der Waals surface area contributed by atoms with Gasteiger partial charge in [0.25, 0.3) is 0 Å². The van der Waals surface area contributed by atoms with E-state index in [4.69, 9.17) is 4.74 Å². The lowest BCUT2D eigenvalue weighted by Gasteiger charge is -2.11. The van der Waals surface area contributed by atoms with Crippen molar-refractivity contribution in [2.24, 2.45) is 0 Å². The Hall–Kier alpha value is -1.15. The minimum absolute atomic E-state index is 0.0983. The number of hydrogen-bond donors (Lipinski definition) is 0. The zero-order valence-electron chi connectivity index (χ0n) is 10.8. The number of carbonyl (C=O) groups is 1. The smallest absolute Gasteiger partial charge is 0.150 e. The minimum atomic E-state index is 0.0983. The number of hydrogen-bond acceptors (Lipinski definition) is 2. The van der Waals surface area contributed by atoms with Gasteiger partial charge in [-0.25, -0.2) is 0 Å². The second kappa shape index (κ2) is 4.61. The molecule has 0 saturated carbocycles. The molecule has 17 heavy (non-hydrogen) atoms. The number of benzene rings is 1.